The molecule has 0 radical (unpaired) electrons. The number of rotatable bonds is 13. The van der Waals surface area contributed by atoms with Crippen LogP contribution in [0.3, 0.4) is 0 Å². The summed E-state index contributed by atoms with van der Waals surface area (Å²) in [5.74, 6) is 1.09. The molecule has 2 aromatic carbocycles. The Bertz CT molecular complexity index is 1180. The molecule has 0 fully saturated rings. The van der Waals surface area contributed by atoms with Crippen molar-refractivity contribution in [2.24, 2.45) is 10.9 Å². The summed E-state index contributed by atoms with van der Waals surface area (Å²) in [4.78, 5) is 17.7. The fraction of sp³-hybridized carbons (Fsp3) is 0.368. The summed E-state index contributed by atoms with van der Waals surface area (Å²) in [6.07, 6.45) is 13.9. The lowest BCUT2D eigenvalue weighted by Crippen LogP contribution is -2.49. The minimum atomic E-state index is -0.481. The van der Waals surface area contributed by atoms with Crippen molar-refractivity contribution in [3.63, 3.8) is 0 Å². The number of thiol groups is 1. The summed E-state index contributed by atoms with van der Waals surface area (Å²) in [5, 5.41) is 16.1. The summed E-state index contributed by atoms with van der Waals surface area (Å²) < 4.78 is 0. The normalized spacial score (nSPS) is 12.7. The van der Waals surface area contributed by atoms with Gasteiger partial charge in [0.1, 0.15) is 11.8 Å². The minimum absolute atomic E-state index is 0.0767. The summed E-state index contributed by atoms with van der Waals surface area (Å²) in [5.41, 5.74) is 5.55. The maximum Gasteiger partial charge on any atom is 0.243 e. The number of aromatic hydroxyl groups is 1. The maximum atomic E-state index is 13.1. The zero-order valence-corrected chi connectivity index (χ0v) is 29.3. The Morgan fingerprint density at radius 2 is 1.59 bits per heavy atom. The summed E-state index contributed by atoms with van der Waals surface area (Å²) in [6, 6.07) is 15.1. The van der Waals surface area contributed by atoms with Crippen LogP contribution in [0.1, 0.15) is 64.7 Å². The van der Waals surface area contributed by atoms with Gasteiger partial charge in [-0.1, -0.05) is 99.7 Å². The van der Waals surface area contributed by atoms with Crippen molar-refractivity contribution in [2.75, 3.05) is 19.8 Å². The average molecular weight is 620 g/mol. The van der Waals surface area contributed by atoms with Gasteiger partial charge >= 0.3 is 0 Å². The topological polar surface area (TPSA) is 73.7 Å². The van der Waals surface area contributed by atoms with Gasteiger partial charge in [0.05, 0.1) is 5.84 Å². The van der Waals surface area contributed by atoms with Crippen LogP contribution in [0.2, 0.25) is 0 Å². The standard InChI is InChI=1S/C33H43N3O2.C2H6.C2H4.CH4S/c1-7-10-11-28(9-3)29-18-14-26(15-19-29)13-12-25(5)32(34-6)36-31(33(38)35-23-24(4)8-2)22-27-16-20-30(37)21-17-27;3*1-2/h7-11,14-21,25,31,37H,3,12-13,22-23H2,1-2,4-6H3,(H,34,36)(H,35,38);1-2H3;1-2H2;2H,1H3/b10-7-,24-8+,28-11+;;;. The van der Waals surface area contributed by atoms with Gasteiger partial charge in [0.25, 0.3) is 0 Å². The Hall–Kier alpha value is -3.77. The van der Waals surface area contributed by atoms with Crippen LogP contribution in [0.5, 0.6) is 5.75 Å². The number of hydrogen-bond acceptors (Lipinski definition) is 4. The van der Waals surface area contributed by atoms with Crippen LogP contribution in [-0.2, 0) is 17.6 Å². The molecule has 5 nitrogen and oxygen atoms in total. The lowest BCUT2D eigenvalue weighted by Gasteiger charge is -2.24. The minimum Gasteiger partial charge on any atom is -0.508 e. The van der Waals surface area contributed by atoms with Crippen LogP contribution in [0.15, 0.2) is 109 Å². The van der Waals surface area contributed by atoms with Crippen LogP contribution in [-0.4, -0.2) is 42.7 Å². The molecule has 0 spiro atoms. The van der Waals surface area contributed by atoms with Crippen molar-refractivity contribution in [1.82, 2.24) is 10.6 Å². The van der Waals surface area contributed by atoms with Crippen LogP contribution < -0.4 is 10.6 Å². The van der Waals surface area contributed by atoms with Crippen LogP contribution in [0.25, 0.3) is 5.57 Å². The van der Waals surface area contributed by atoms with Crippen molar-refractivity contribution in [1.29, 1.82) is 0 Å². The maximum absolute atomic E-state index is 13.1. The molecule has 0 aliphatic carbocycles. The van der Waals surface area contributed by atoms with E-state index in [0.29, 0.717) is 13.0 Å². The van der Waals surface area contributed by atoms with Crippen LogP contribution in [0.4, 0.5) is 0 Å². The van der Waals surface area contributed by atoms with Gasteiger partial charge in [0.15, 0.2) is 0 Å². The SMILES string of the molecule is C=C.C=C/C(=C\C=C/C)c1ccc(CCC(C)C(=NC)NC(Cc2ccc(O)cc2)C(=O)NC/C(C)=C/C)cc1.CC.CS. The molecule has 2 unspecified atom stereocenters. The summed E-state index contributed by atoms with van der Waals surface area (Å²) >= 11 is 3.53. The Labute approximate surface area is 274 Å². The highest BCUT2D eigenvalue weighted by molar-refractivity contribution is 7.79. The third kappa shape index (κ3) is 16.8. The number of nitrogens with zero attached hydrogens (tertiary/aromatic N) is 1. The molecule has 0 aliphatic rings. The molecule has 2 atom stereocenters. The fourth-order valence-corrected chi connectivity index (χ4v) is 4.00. The van der Waals surface area contributed by atoms with Gasteiger partial charge in [-0.05, 0) is 74.3 Å². The first-order chi connectivity index (χ1) is 21.3. The van der Waals surface area contributed by atoms with E-state index in [1.165, 1.54) is 5.56 Å². The molecule has 0 saturated heterocycles. The molecule has 0 aliphatic heterocycles. The summed E-state index contributed by atoms with van der Waals surface area (Å²) in [6.45, 7) is 22.5. The zero-order chi connectivity index (χ0) is 33.9. The second-order valence-corrected chi connectivity index (χ2v) is 9.52. The number of phenols is 1. The quantitative estimate of drug-likeness (QED) is 0.0595. The van der Waals surface area contributed by atoms with Gasteiger partial charge in [0, 0.05) is 25.9 Å². The van der Waals surface area contributed by atoms with E-state index < -0.39 is 6.04 Å². The molecule has 0 bridgehead atoms. The Morgan fingerprint density at radius 3 is 2.09 bits per heavy atom. The second kappa shape index (κ2) is 26.8. The third-order valence-electron chi connectivity index (χ3n) is 6.60. The Balaban J connectivity index is 0. The van der Waals surface area contributed by atoms with Gasteiger partial charge in [-0.3, -0.25) is 9.79 Å². The molecule has 1 amide bonds. The molecule has 3 N–H and O–H groups in total. The van der Waals surface area contributed by atoms with Crippen molar-refractivity contribution >= 4 is 29.9 Å². The van der Waals surface area contributed by atoms with E-state index >= 15 is 0 Å². The molecular formula is C38H57N3O2S. The number of benzene rings is 2. The molecule has 2 aromatic rings. The van der Waals surface area contributed by atoms with Crippen LogP contribution >= 0.6 is 12.6 Å². The van der Waals surface area contributed by atoms with E-state index in [2.05, 4.69) is 85.3 Å². The number of hydrogen-bond donors (Lipinski definition) is 4. The van der Waals surface area contributed by atoms with Gasteiger partial charge in [-0.15, -0.1) is 13.2 Å². The number of phenolic OH excluding ortho intramolecular Hbond substituents is 1. The van der Waals surface area contributed by atoms with Crippen LogP contribution in [0, 0.1) is 5.92 Å². The van der Waals surface area contributed by atoms with Crippen molar-refractivity contribution in [3.8, 4) is 5.75 Å². The Kier molecular flexibility index (Phi) is 25.8. The molecule has 242 valence electrons. The molecule has 6 heteroatoms. The molecule has 0 heterocycles. The number of amidine groups is 1. The highest BCUT2D eigenvalue weighted by Crippen LogP contribution is 2.19. The number of amides is 1. The van der Waals surface area contributed by atoms with Gasteiger partial charge in [-0.25, -0.2) is 0 Å². The predicted molar refractivity (Wildman–Crippen MR) is 199 cm³/mol. The monoisotopic (exact) mass is 619 g/mol. The smallest absolute Gasteiger partial charge is 0.243 e. The number of nitrogens with one attached hydrogen (secondary N) is 2. The first kappa shape index (κ1) is 42.4. The molecule has 0 aromatic heterocycles. The number of carbonyl (C=O) groups excluding carboxylic acids is 1. The zero-order valence-electron chi connectivity index (χ0n) is 28.4. The second-order valence-electron chi connectivity index (χ2n) is 9.52. The molecule has 2 rings (SSSR count). The first-order valence-corrected chi connectivity index (χ1v) is 16.1. The average Bonchev–Trinajstić information content (AvgIpc) is 3.08. The highest BCUT2D eigenvalue weighted by Gasteiger charge is 2.22. The number of allylic oxidation sites excluding steroid dienone is 6. The van der Waals surface area contributed by atoms with E-state index in [0.717, 1.165) is 41.0 Å². The van der Waals surface area contributed by atoms with E-state index in [1.807, 2.05) is 71.1 Å². The molecule has 0 saturated carbocycles. The predicted octanol–water partition coefficient (Wildman–Crippen LogP) is 8.79. The molecular weight excluding hydrogens is 563 g/mol. The Morgan fingerprint density at radius 1 is 1.02 bits per heavy atom. The first-order valence-electron chi connectivity index (χ1n) is 15.2. The van der Waals surface area contributed by atoms with Gasteiger partial charge in [-0.2, -0.15) is 12.6 Å². The van der Waals surface area contributed by atoms with E-state index in [-0.39, 0.29) is 17.6 Å². The van der Waals surface area contributed by atoms with E-state index in [4.69, 9.17) is 0 Å². The number of aliphatic imine (C=N–C) groups is 1. The number of aryl methyl sites for hydroxylation is 1. The van der Waals surface area contributed by atoms with Crippen molar-refractivity contribution in [3.05, 3.63) is 121 Å². The third-order valence-corrected chi connectivity index (χ3v) is 6.60. The fourth-order valence-electron chi connectivity index (χ4n) is 4.00. The molecule has 44 heavy (non-hydrogen) atoms. The van der Waals surface area contributed by atoms with E-state index in [9.17, 15) is 9.90 Å². The number of carbonyl (C=O) groups is 1. The lowest BCUT2D eigenvalue weighted by molar-refractivity contribution is -0.122. The lowest BCUT2D eigenvalue weighted by atomic mass is 9.96. The van der Waals surface area contributed by atoms with Crippen molar-refractivity contribution in [2.45, 2.75) is 66.8 Å². The van der Waals surface area contributed by atoms with E-state index in [1.54, 1.807) is 25.4 Å². The largest absolute Gasteiger partial charge is 0.508 e. The van der Waals surface area contributed by atoms with Gasteiger partial charge in [0.2, 0.25) is 5.91 Å². The van der Waals surface area contributed by atoms with Gasteiger partial charge < -0.3 is 15.7 Å². The van der Waals surface area contributed by atoms with Crippen molar-refractivity contribution < 1.29 is 9.90 Å². The highest BCUT2D eigenvalue weighted by atomic mass is 32.1. The summed E-state index contributed by atoms with van der Waals surface area (Å²) in [7, 11) is 1.76.